The predicted molar refractivity (Wildman–Crippen MR) is 42.8 cm³/mol. The number of carbonyl (C=O) groups is 1. The van der Waals surface area contributed by atoms with Gasteiger partial charge in [-0.3, -0.25) is 4.79 Å². The van der Waals surface area contributed by atoms with Gasteiger partial charge in [0.05, 0.1) is 6.10 Å². The average Bonchev–Trinajstić information content (AvgIpc) is 2.02. The molecule has 2 atom stereocenters. The fourth-order valence-corrected chi connectivity index (χ4v) is 0.702. The summed E-state index contributed by atoms with van der Waals surface area (Å²) in [7, 11) is 0. The van der Waals surface area contributed by atoms with Gasteiger partial charge in [-0.25, -0.2) is 0 Å². The molecule has 5 nitrogen and oxygen atoms in total. The van der Waals surface area contributed by atoms with Crippen molar-refractivity contribution in [2.45, 2.75) is 18.6 Å². The number of nitrogens with one attached hydrogen (secondary N) is 1. The van der Waals surface area contributed by atoms with E-state index in [-0.39, 0.29) is 13.0 Å². The van der Waals surface area contributed by atoms with Crippen molar-refractivity contribution >= 4 is 18.7 Å². The van der Waals surface area contributed by atoms with Crippen LogP contribution in [-0.4, -0.2) is 34.9 Å². The molecule has 0 bridgehead atoms. The number of amides is 1. The van der Waals surface area contributed by atoms with Gasteiger partial charge in [-0.2, -0.15) is 0 Å². The summed E-state index contributed by atoms with van der Waals surface area (Å²) in [6.07, 6.45) is -2.38. The molecule has 0 saturated heterocycles. The van der Waals surface area contributed by atoms with Gasteiger partial charge in [0.25, 0.3) is 5.91 Å². The summed E-state index contributed by atoms with van der Waals surface area (Å²) in [5, 5.41) is 17.9. The summed E-state index contributed by atoms with van der Waals surface area (Å²) < 4.78 is 1.91. The van der Waals surface area contributed by atoms with Crippen LogP contribution >= 0.6 is 12.8 Å². The van der Waals surface area contributed by atoms with E-state index >= 15 is 0 Å². The van der Waals surface area contributed by atoms with Crippen molar-refractivity contribution in [3.8, 4) is 0 Å². The van der Waals surface area contributed by atoms with Gasteiger partial charge in [-0.1, -0.05) is 12.8 Å². The van der Waals surface area contributed by atoms with E-state index in [0.717, 1.165) is 0 Å². The first kappa shape index (κ1) is 10.7. The molecule has 0 aromatic heterocycles. The predicted octanol–water partition coefficient (Wildman–Crippen LogP) is -1.98. The van der Waals surface area contributed by atoms with Gasteiger partial charge in [-0.15, -0.1) is 0 Å². The molecule has 0 radical (unpaired) electrons. The first-order valence-corrected chi connectivity index (χ1v) is 3.58. The molecule has 0 spiro atoms. The van der Waals surface area contributed by atoms with Crippen LogP contribution in [0.1, 0.15) is 6.42 Å². The summed E-state index contributed by atoms with van der Waals surface area (Å²) in [6.45, 7) is 0.220. The molecule has 6 heteroatoms. The average molecular weight is 180 g/mol. The minimum Gasteiger partial charge on any atom is -0.390 e. The van der Waals surface area contributed by atoms with Crippen LogP contribution in [0.2, 0.25) is 0 Å². The Hall–Kier alpha value is -0.300. The molecule has 0 aliphatic carbocycles. The van der Waals surface area contributed by atoms with E-state index < -0.39 is 18.1 Å². The summed E-state index contributed by atoms with van der Waals surface area (Å²) in [5.74, 6) is -0.728. The van der Waals surface area contributed by atoms with E-state index in [9.17, 15) is 4.79 Å². The third kappa shape index (κ3) is 3.57. The first-order chi connectivity index (χ1) is 5.13. The maximum Gasteiger partial charge on any atom is 0.261 e. The highest BCUT2D eigenvalue weighted by Gasteiger charge is 2.22. The maximum atomic E-state index is 10.6. The van der Waals surface area contributed by atoms with Crippen LogP contribution in [0.5, 0.6) is 0 Å². The SMILES string of the molecule is NCCC(O)C(O)C(=O)NS. The van der Waals surface area contributed by atoms with Gasteiger partial charge in [0.1, 0.15) is 0 Å². The van der Waals surface area contributed by atoms with E-state index in [1.165, 1.54) is 0 Å². The second-order valence-electron chi connectivity index (χ2n) is 2.07. The normalized spacial score (nSPS) is 15.6. The van der Waals surface area contributed by atoms with Crippen LogP contribution in [-0.2, 0) is 4.79 Å². The lowest BCUT2D eigenvalue weighted by Crippen LogP contribution is -2.39. The lowest BCUT2D eigenvalue weighted by atomic mass is 10.1. The highest BCUT2D eigenvalue weighted by atomic mass is 32.1. The number of aliphatic hydroxyl groups is 2. The Bertz CT molecular complexity index is 133. The largest absolute Gasteiger partial charge is 0.390 e. The standard InChI is InChI=1S/C5H12N2O3S/c6-2-1-3(8)4(9)5(10)7-11/h3-4,8-9,11H,1-2,6H2,(H,7,10). The second-order valence-corrected chi connectivity index (χ2v) is 2.29. The van der Waals surface area contributed by atoms with Crippen LogP contribution < -0.4 is 10.5 Å². The maximum absolute atomic E-state index is 10.6. The number of carbonyl (C=O) groups excluding carboxylic acids is 1. The molecule has 0 saturated carbocycles. The fourth-order valence-electron chi connectivity index (χ4n) is 0.569. The zero-order valence-electron chi connectivity index (χ0n) is 5.90. The molecule has 0 aromatic rings. The third-order valence-electron chi connectivity index (χ3n) is 1.21. The fraction of sp³-hybridized carbons (Fsp3) is 0.800. The Morgan fingerprint density at radius 1 is 1.64 bits per heavy atom. The zero-order chi connectivity index (χ0) is 8.85. The van der Waals surface area contributed by atoms with Gasteiger partial charge >= 0.3 is 0 Å². The lowest BCUT2D eigenvalue weighted by Gasteiger charge is -2.14. The minimum atomic E-state index is -1.45. The summed E-state index contributed by atoms with van der Waals surface area (Å²) in [4.78, 5) is 10.6. The van der Waals surface area contributed by atoms with Crippen molar-refractivity contribution in [3.63, 3.8) is 0 Å². The zero-order valence-corrected chi connectivity index (χ0v) is 6.79. The number of rotatable bonds is 4. The van der Waals surface area contributed by atoms with Crippen LogP contribution in [0.3, 0.4) is 0 Å². The number of nitrogens with two attached hydrogens (primary N) is 1. The summed E-state index contributed by atoms with van der Waals surface area (Å²) in [6, 6.07) is 0. The van der Waals surface area contributed by atoms with Gasteiger partial charge in [0.2, 0.25) is 0 Å². The van der Waals surface area contributed by atoms with E-state index in [1.807, 2.05) is 4.72 Å². The molecule has 0 aliphatic rings. The van der Waals surface area contributed by atoms with E-state index in [0.29, 0.717) is 0 Å². The summed E-state index contributed by atoms with van der Waals surface area (Å²) in [5.41, 5.74) is 5.09. The molecular weight excluding hydrogens is 168 g/mol. The van der Waals surface area contributed by atoms with Crippen LogP contribution in [0, 0.1) is 0 Å². The quantitative estimate of drug-likeness (QED) is 0.324. The molecule has 66 valence electrons. The van der Waals surface area contributed by atoms with E-state index in [4.69, 9.17) is 15.9 Å². The Morgan fingerprint density at radius 2 is 2.18 bits per heavy atom. The third-order valence-corrected chi connectivity index (χ3v) is 1.43. The van der Waals surface area contributed by atoms with Crippen molar-refractivity contribution in [2.75, 3.05) is 6.54 Å². The minimum absolute atomic E-state index is 0.183. The van der Waals surface area contributed by atoms with Crippen molar-refractivity contribution in [2.24, 2.45) is 5.73 Å². The molecular formula is C5H12N2O3S. The highest BCUT2D eigenvalue weighted by molar-refractivity contribution is 7.78. The second kappa shape index (κ2) is 5.36. The van der Waals surface area contributed by atoms with Crippen LogP contribution in [0.15, 0.2) is 0 Å². The lowest BCUT2D eigenvalue weighted by molar-refractivity contribution is -0.133. The van der Waals surface area contributed by atoms with Gasteiger partial charge in [0, 0.05) is 0 Å². The monoisotopic (exact) mass is 180 g/mol. The molecule has 1 amide bonds. The highest BCUT2D eigenvalue weighted by Crippen LogP contribution is 1.97. The summed E-state index contributed by atoms with van der Waals surface area (Å²) >= 11 is 3.42. The van der Waals surface area contributed by atoms with Crippen molar-refractivity contribution in [1.29, 1.82) is 0 Å². The van der Waals surface area contributed by atoms with Crippen LogP contribution in [0.25, 0.3) is 0 Å². The van der Waals surface area contributed by atoms with Crippen molar-refractivity contribution < 1.29 is 15.0 Å². The van der Waals surface area contributed by atoms with E-state index in [2.05, 4.69) is 12.8 Å². The van der Waals surface area contributed by atoms with E-state index in [1.54, 1.807) is 0 Å². The molecule has 0 heterocycles. The molecule has 11 heavy (non-hydrogen) atoms. The first-order valence-electron chi connectivity index (χ1n) is 3.13. The topological polar surface area (TPSA) is 95.6 Å². The molecule has 0 fully saturated rings. The molecule has 0 rings (SSSR count). The van der Waals surface area contributed by atoms with Crippen molar-refractivity contribution in [1.82, 2.24) is 4.72 Å². The molecule has 2 unspecified atom stereocenters. The Balaban J connectivity index is 3.80. The van der Waals surface area contributed by atoms with Crippen LogP contribution in [0.4, 0.5) is 0 Å². The molecule has 0 aliphatic heterocycles. The van der Waals surface area contributed by atoms with Crippen molar-refractivity contribution in [3.05, 3.63) is 0 Å². The molecule has 0 aromatic carbocycles. The Labute approximate surface area is 70.1 Å². The van der Waals surface area contributed by atoms with Gasteiger partial charge in [-0.05, 0) is 13.0 Å². The molecule has 5 N–H and O–H groups in total. The Kier molecular flexibility index (Phi) is 5.22. The Morgan fingerprint density at radius 3 is 2.55 bits per heavy atom. The van der Waals surface area contributed by atoms with Gasteiger partial charge < -0.3 is 20.7 Å². The number of hydrogen-bond acceptors (Lipinski definition) is 5. The van der Waals surface area contributed by atoms with Gasteiger partial charge in [0.15, 0.2) is 6.10 Å². The number of thiol groups is 1. The smallest absolute Gasteiger partial charge is 0.261 e. The number of aliphatic hydroxyl groups excluding tert-OH is 2. The number of hydrogen-bond donors (Lipinski definition) is 5.